The van der Waals surface area contributed by atoms with Crippen LogP contribution in [0, 0.1) is 12.7 Å². The lowest BCUT2D eigenvalue weighted by Gasteiger charge is -2.25. The van der Waals surface area contributed by atoms with E-state index in [1.165, 1.54) is 23.5 Å². The number of aryl methyl sites for hydroxylation is 1. The SMILES string of the molecule is Cc1cc(C(=O)Nc2nc3c(s2)CN(CC(=O)Nc2ccccc2F)CC3)no1. The molecule has 0 saturated carbocycles. The number of hydrogen-bond donors (Lipinski definition) is 2. The minimum atomic E-state index is -0.466. The van der Waals surface area contributed by atoms with Crippen LogP contribution in [-0.4, -0.2) is 39.9 Å². The third-order valence-electron chi connectivity index (χ3n) is 4.41. The molecule has 2 aromatic heterocycles. The number of halogens is 1. The normalized spacial score (nSPS) is 13.7. The lowest BCUT2D eigenvalue weighted by atomic mass is 10.2. The van der Waals surface area contributed by atoms with E-state index < -0.39 is 5.82 Å². The van der Waals surface area contributed by atoms with Gasteiger partial charge in [0, 0.05) is 30.5 Å². The molecule has 0 fully saturated rings. The average molecular weight is 415 g/mol. The number of benzene rings is 1. The van der Waals surface area contributed by atoms with Crippen molar-refractivity contribution in [3.05, 3.63) is 58.2 Å². The highest BCUT2D eigenvalue weighted by molar-refractivity contribution is 7.15. The van der Waals surface area contributed by atoms with Crippen LogP contribution in [0.25, 0.3) is 0 Å². The number of carbonyl (C=O) groups excluding carboxylic acids is 2. The van der Waals surface area contributed by atoms with Gasteiger partial charge in [-0.15, -0.1) is 11.3 Å². The third kappa shape index (κ3) is 4.49. The Morgan fingerprint density at radius 3 is 2.90 bits per heavy atom. The molecule has 0 spiro atoms. The van der Waals surface area contributed by atoms with Gasteiger partial charge >= 0.3 is 0 Å². The summed E-state index contributed by atoms with van der Waals surface area (Å²) in [4.78, 5) is 31.9. The van der Waals surface area contributed by atoms with Crippen molar-refractivity contribution in [3.8, 4) is 0 Å². The van der Waals surface area contributed by atoms with Gasteiger partial charge in [-0.05, 0) is 19.1 Å². The molecule has 1 aromatic carbocycles. The van der Waals surface area contributed by atoms with E-state index in [0.29, 0.717) is 30.4 Å². The van der Waals surface area contributed by atoms with Gasteiger partial charge in [-0.25, -0.2) is 9.37 Å². The molecule has 0 radical (unpaired) electrons. The Labute approximate surface area is 169 Å². The van der Waals surface area contributed by atoms with Gasteiger partial charge < -0.3 is 9.84 Å². The minimum absolute atomic E-state index is 0.144. The first-order chi connectivity index (χ1) is 14.0. The number of fused-ring (bicyclic) bond motifs is 1. The van der Waals surface area contributed by atoms with E-state index in [2.05, 4.69) is 20.8 Å². The van der Waals surface area contributed by atoms with Gasteiger partial charge in [0.05, 0.1) is 17.9 Å². The van der Waals surface area contributed by atoms with Crippen molar-refractivity contribution in [3.63, 3.8) is 0 Å². The average Bonchev–Trinajstić information content (AvgIpc) is 3.29. The summed E-state index contributed by atoms with van der Waals surface area (Å²) >= 11 is 1.37. The molecule has 0 aliphatic carbocycles. The molecule has 8 nitrogen and oxygen atoms in total. The summed E-state index contributed by atoms with van der Waals surface area (Å²) in [7, 11) is 0. The van der Waals surface area contributed by atoms with Crippen LogP contribution in [0.5, 0.6) is 0 Å². The van der Waals surface area contributed by atoms with Crippen LogP contribution in [0.3, 0.4) is 0 Å². The lowest BCUT2D eigenvalue weighted by molar-refractivity contribution is -0.117. The maximum absolute atomic E-state index is 13.7. The smallest absolute Gasteiger partial charge is 0.279 e. The van der Waals surface area contributed by atoms with Gasteiger partial charge in [0.1, 0.15) is 11.6 Å². The zero-order chi connectivity index (χ0) is 20.4. The van der Waals surface area contributed by atoms with Crippen LogP contribution < -0.4 is 10.6 Å². The molecule has 1 aliphatic heterocycles. The molecule has 3 aromatic rings. The Morgan fingerprint density at radius 2 is 2.14 bits per heavy atom. The van der Waals surface area contributed by atoms with E-state index in [4.69, 9.17) is 4.52 Å². The first-order valence-electron chi connectivity index (χ1n) is 8.98. The summed E-state index contributed by atoms with van der Waals surface area (Å²) in [6.07, 6.45) is 0.664. The Morgan fingerprint density at radius 1 is 1.31 bits per heavy atom. The van der Waals surface area contributed by atoms with E-state index in [1.807, 2.05) is 4.90 Å². The van der Waals surface area contributed by atoms with Crippen LogP contribution in [0.2, 0.25) is 0 Å². The zero-order valence-electron chi connectivity index (χ0n) is 15.6. The quantitative estimate of drug-likeness (QED) is 0.665. The molecule has 0 bridgehead atoms. The Hall–Kier alpha value is -3.11. The summed E-state index contributed by atoms with van der Waals surface area (Å²) in [5.74, 6) is -0.572. The topological polar surface area (TPSA) is 100 Å². The lowest BCUT2D eigenvalue weighted by Crippen LogP contribution is -2.36. The number of anilines is 2. The molecule has 0 atom stereocenters. The molecule has 4 rings (SSSR count). The maximum Gasteiger partial charge on any atom is 0.279 e. The number of rotatable bonds is 5. The summed E-state index contributed by atoms with van der Waals surface area (Å²) in [6.45, 7) is 3.04. The fraction of sp³-hybridized carbons (Fsp3) is 0.263. The van der Waals surface area contributed by atoms with E-state index in [1.54, 1.807) is 25.1 Å². The van der Waals surface area contributed by atoms with Crippen molar-refractivity contribution in [2.24, 2.45) is 0 Å². The number of aromatic nitrogens is 2. The summed E-state index contributed by atoms with van der Waals surface area (Å²) in [5.41, 5.74) is 1.27. The zero-order valence-corrected chi connectivity index (χ0v) is 16.4. The molecule has 29 heavy (non-hydrogen) atoms. The van der Waals surface area contributed by atoms with Crippen molar-refractivity contribution in [2.45, 2.75) is 19.9 Å². The largest absolute Gasteiger partial charge is 0.361 e. The number of para-hydroxylation sites is 1. The predicted octanol–water partition coefficient (Wildman–Crippen LogP) is 2.83. The number of amides is 2. The first-order valence-corrected chi connectivity index (χ1v) is 9.79. The monoisotopic (exact) mass is 415 g/mol. The van der Waals surface area contributed by atoms with Crippen molar-refractivity contribution in [1.82, 2.24) is 15.0 Å². The highest BCUT2D eigenvalue weighted by atomic mass is 32.1. The minimum Gasteiger partial charge on any atom is -0.361 e. The molecule has 150 valence electrons. The second-order valence-corrected chi connectivity index (χ2v) is 7.74. The number of thiazole rings is 1. The standard InChI is InChI=1S/C19H18FN5O3S/c1-11-8-15(24-28-11)18(27)23-19-22-14-6-7-25(9-16(14)29-19)10-17(26)21-13-5-3-2-4-12(13)20/h2-5,8H,6-7,9-10H2,1H3,(H,21,26)(H,22,23,27). The second-order valence-electron chi connectivity index (χ2n) is 6.65. The fourth-order valence-electron chi connectivity index (χ4n) is 3.03. The Balaban J connectivity index is 1.35. The summed E-state index contributed by atoms with van der Waals surface area (Å²) in [5, 5.41) is 9.50. The number of hydrogen-bond acceptors (Lipinski definition) is 7. The van der Waals surface area contributed by atoms with Gasteiger partial charge in [0.15, 0.2) is 10.8 Å². The Kier molecular flexibility index (Phi) is 5.36. The molecule has 3 heterocycles. The highest BCUT2D eigenvalue weighted by Crippen LogP contribution is 2.28. The molecular formula is C19H18FN5O3S. The molecular weight excluding hydrogens is 397 g/mol. The highest BCUT2D eigenvalue weighted by Gasteiger charge is 2.23. The maximum atomic E-state index is 13.7. The molecule has 2 N–H and O–H groups in total. The number of nitrogens with zero attached hydrogens (tertiary/aromatic N) is 3. The molecule has 0 unspecified atom stereocenters. The van der Waals surface area contributed by atoms with Crippen LogP contribution in [-0.2, 0) is 17.8 Å². The van der Waals surface area contributed by atoms with E-state index in [9.17, 15) is 14.0 Å². The number of nitrogens with one attached hydrogen (secondary N) is 2. The molecule has 2 amide bonds. The van der Waals surface area contributed by atoms with Crippen LogP contribution in [0.15, 0.2) is 34.9 Å². The van der Waals surface area contributed by atoms with Crippen LogP contribution in [0.4, 0.5) is 15.2 Å². The predicted molar refractivity (Wildman–Crippen MR) is 105 cm³/mol. The fourth-order valence-corrected chi connectivity index (χ4v) is 4.07. The number of carbonyl (C=O) groups is 2. The third-order valence-corrected chi connectivity index (χ3v) is 5.40. The first kappa shape index (κ1) is 19.2. The van der Waals surface area contributed by atoms with Crippen molar-refractivity contribution < 1.29 is 18.5 Å². The van der Waals surface area contributed by atoms with Crippen LogP contribution >= 0.6 is 11.3 Å². The van der Waals surface area contributed by atoms with Crippen molar-refractivity contribution in [1.29, 1.82) is 0 Å². The van der Waals surface area contributed by atoms with Gasteiger partial charge in [0.25, 0.3) is 5.91 Å². The second kappa shape index (κ2) is 8.10. The van der Waals surface area contributed by atoms with E-state index >= 15 is 0 Å². The van der Waals surface area contributed by atoms with E-state index in [-0.39, 0.29) is 29.7 Å². The van der Waals surface area contributed by atoms with Gasteiger partial charge in [0.2, 0.25) is 5.91 Å². The summed E-state index contributed by atoms with van der Waals surface area (Å²) in [6, 6.07) is 7.62. The van der Waals surface area contributed by atoms with Crippen molar-refractivity contribution >= 4 is 34.0 Å². The van der Waals surface area contributed by atoms with Gasteiger partial charge in [-0.3, -0.25) is 19.8 Å². The molecule has 10 heteroatoms. The summed E-state index contributed by atoms with van der Waals surface area (Å²) < 4.78 is 18.6. The van der Waals surface area contributed by atoms with Crippen LogP contribution in [0.1, 0.15) is 26.8 Å². The molecule has 0 saturated heterocycles. The van der Waals surface area contributed by atoms with Crippen molar-refractivity contribution in [2.75, 3.05) is 23.7 Å². The van der Waals surface area contributed by atoms with Gasteiger partial charge in [-0.1, -0.05) is 17.3 Å². The molecule has 1 aliphatic rings. The Bertz CT molecular complexity index is 1060. The van der Waals surface area contributed by atoms with Gasteiger partial charge in [-0.2, -0.15) is 0 Å². The van der Waals surface area contributed by atoms with E-state index in [0.717, 1.165) is 10.6 Å².